The molecule has 3 aromatic carbocycles. The first-order valence-corrected chi connectivity index (χ1v) is 12.6. The van der Waals surface area contributed by atoms with E-state index in [9.17, 15) is 9.59 Å². The molecule has 0 aliphatic carbocycles. The minimum absolute atomic E-state index is 0.196. The van der Waals surface area contributed by atoms with Crippen molar-refractivity contribution in [3.05, 3.63) is 100 Å². The standard InChI is InChI=1S/C29H31ClN2O5/c1-35-28(33)18-24-9-12-27(36-20-23-7-10-26(30)11-8-23)25(17-24)19-31-13-15-32(16-14-31)29(34)37-21-22-5-3-2-4-6-22/h2-12,17H,13-16,18-21H2,1H3. The number of rotatable bonds is 9. The van der Waals surface area contributed by atoms with Crippen LogP contribution in [-0.2, 0) is 40.4 Å². The zero-order valence-corrected chi connectivity index (χ0v) is 21.7. The van der Waals surface area contributed by atoms with Crippen LogP contribution in [0, 0.1) is 0 Å². The van der Waals surface area contributed by atoms with Crippen molar-refractivity contribution >= 4 is 23.7 Å². The molecule has 1 aliphatic rings. The summed E-state index contributed by atoms with van der Waals surface area (Å²) in [6.45, 7) is 3.88. The largest absolute Gasteiger partial charge is 0.489 e. The molecule has 0 aromatic heterocycles. The van der Waals surface area contributed by atoms with Crippen molar-refractivity contribution in [1.82, 2.24) is 9.80 Å². The van der Waals surface area contributed by atoms with E-state index >= 15 is 0 Å². The average molecular weight is 523 g/mol. The number of carbonyl (C=O) groups is 2. The van der Waals surface area contributed by atoms with Gasteiger partial charge >= 0.3 is 12.1 Å². The Hall–Kier alpha value is -3.55. The van der Waals surface area contributed by atoms with Crippen LogP contribution in [-0.4, -0.2) is 55.2 Å². The van der Waals surface area contributed by atoms with E-state index < -0.39 is 0 Å². The van der Waals surface area contributed by atoms with E-state index in [2.05, 4.69) is 4.90 Å². The molecule has 1 fully saturated rings. The summed E-state index contributed by atoms with van der Waals surface area (Å²) >= 11 is 5.99. The van der Waals surface area contributed by atoms with Gasteiger partial charge in [-0.3, -0.25) is 9.69 Å². The van der Waals surface area contributed by atoms with Crippen LogP contribution < -0.4 is 4.74 Å². The van der Waals surface area contributed by atoms with Gasteiger partial charge in [0.2, 0.25) is 0 Å². The van der Waals surface area contributed by atoms with Gasteiger partial charge in [0.15, 0.2) is 0 Å². The van der Waals surface area contributed by atoms with E-state index in [-0.39, 0.29) is 25.1 Å². The number of hydrogen-bond acceptors (Lipinski definition) is 6. The molecule has 1 aliphatic heterocycles. The number of piperazine rings is 1. The van der Waals surface area contributed by atoms with Crippen molar-refractivity contribution in [1.29, 1.82) is 0 Å². The summed E-state index contributed by atoms with van der Waals surface area (Å²) in [5.41, 5.74) is 3.82. The van der Waals surface area contributed by atoms with Gasteiger partial charge in [0.1, 0.15) is 19.0 Å². The first kappa shape index (κ1) is 26.5. The lowest BCUT2D eigenvalue weighted by Gasteiger charge is -2.34. The maximum absolute atomic E-state index is 12.5. The van der Waals surface area contributed by atoms with Crippen LogP contribution >= 0.6 is 11.6 Å². The summed E-state index contributed by atoms with van der Waals surface area (Å²) in [5.74, 6) is 0.469. The monoisotopic (exact) mass is 522 g/mol. The number of benzene rings is 3. The van der Waals surface area contributed by atoms with Gasteiger partial charge in [0, 0.05) is 43.3 Å². The number of hydrogen-bond donors (Lipinski definition) is 0. The third-order valence-corrected chi connectivity index (χ3v) is 6.49. The lowest BCUT2D eigenvalue weighted by Crippen LogP contribution is -2.48. The van der Waals surface area contributed by atoms with Gasteiger partial charge in [-0.1, -0.05) is 66.2 Å². The molecule has 7 nitrogen and oxygen atoms in total. The number of halogens is 1. The van der Waals surface area contributed by atoms with E-state index in [1.165, 1.54) is 7.11 Å². The number of carbonyl (C=O) groups excluding carboxylic acids is 2. The van der Waals surface area contributed by atoms with Crippen LogP contribution in [0.4, 0.5) is 4.79 Å². The molecule has 0 radical (unpaired) electrons. The van der Waals surface area contributed by atoms with Crippen LogP contribution in [0.25, 0.3) is 0 Å². The quantitative estimate of drug-likeness (QED) is 0.365. The van der Waals surface area contributed by atoms with Gasteiger partial charge in [-0.25, -0.2) is 4.79 Å². The predicted molar refractivity (Wildman–Crippen MR) is 141 cm³/mol. The lowest BCUT2D eigenvalue weighted by molar-refractivity contribution is -0.139. The van der Waals surface area contributed by atoms with Gasteiger partial charge in [0.25, 0.3) is 0 Å². The maximum atomic E-state index is 12.5. The Morgan fingerprint density at radius 1 is 0.838 bits per heavy atom. The Labute approximate surface area is 222 Å². The Bertz CT molecular complexity index is 1180. The maximum Gasteiger partial charge on any atom is 0.410 e. The molecule has 0 atom stereocenters. The molecule has 0 unspecified atom stereocenters. The van der Waals surface area contributed by atoms with Crippen LogP contribution in [0.1, 0.15) is 22.3 Å². The summed E-state index contributed by atoms with van der Waals surface area (Å²) in [5, 5.41) is 0.680. The summed E-state index contributed by atoms with van der Waals surface area (Å²) < 4.78 is 16.5. The van der Waals surface area contributed by atoms with E-state index in [1.54, 1.807) is 4.90 Å². The number of esters is 1. The van der Waals surface area contributed by atoms with Crippen molar-refractivity contribution in [3.8, 4) is 5.75 Å². The highest BCUT2D eigenvalue weighted by atomic mass is 35.5. The Balaban J connectivity index is 1.36. The topological polar surface area (TPSA) is 68.3 Å². The van der Waals surface area contributed by atoms with E-state index in [0.717, 1.165) is 28.0 Å². The molecule has 1 heterocycles. The summed E-state index contributed by atoms with van der Waals surface area (Å²) in [7, 11) is 1.39. The predicted octanol–water partition coefficient (Wildman–Crippen LogP) is 5.09. The minimum Gasteiger partial charge on any atom is -0.489 e. The van der Waals surface area contributed by atoms with Crippen molar-refractivity contribution in [2.24, 2.45) is 0 Å². The third kappa shape index (κ3) is 7.97. The van der Waals surface area contributed by atoms with Crippen molar-refractivity contribution < 1.29 is 23.8 Å². The fourth-order valence-electron chi connectivity index (χ4n) is 4.13. The highest BCUT2D eigenvalue weighted by Crippen LogP contribution is 2.25. The normalized spacial score (nSPS) is 13.7. The molecule has 1 saturated heterocycles. The van der Waals surface area contributed by atoms with Crippen LogP contribution in [0.3, 0.4) is 0 Å². The van der Waals surface area contributed by atoms with Crippen LogP contribution in [0.2, 0.25) is 5.02 Å². The van der Waals surface area contributed by atoms with E-state index in [0.29, 0.717) is 44.4 Å². The summed E-state index contributed by atoms with van der Waals surface area (Å²) in [6, 6.07) is 23.0. The van der Waals surface area contributed by atoms with E-state index in [1.807, 2.05) is 72.8 Å². The molecular formula is C29H31ClN2O5. The van der Waals surface area contributed by atoms with E-state index in [4.69, 9.17) is 25.8 Å². The fraction of sp³-hybridized carbons (Fsp3) is 0.310. The first-order chi connectivity index (χ1) is 18.0. The Morgan fingerprint density at radius 3 is 2.22 bits per heavy atom. The van der Waals surface area contributed by atoms with Gasteiger partial charge in [0.05, 0.1) is 13.5 Å². The number of nitrogens with zero attached hydrogens (tertiary/aromatic N) is 2. The van der Waals surface area contributed by atoms with Gasteiger partial charge in [-0.05, 0) is 34.9 Å². The number of amides is 1. The van der Waals surface area contributed by atoms with Gasteiger partial charge < -0.3 is 19.1 Å². The van der Waals surface area contributed by atoms with Gasteiger partial charge in [-0.2, -0.15) is 0 Å². The second-order valence-corrected chi connectivity index (χ2v) is 9.35. The molecule has 3 aromatic rings. The zero-order chi connectivity index (χ0) is 26.0. The third-order valence-electron chi connectivity index (χ3n) is 6.24. The number of ether oxygens (including phenoxy) is 3. The van der Waals surface area contributed by atoms with Crippen molar-refractivity contribution in [3.63, 3.8) is 0 Å². The van der Waals surface area contributed by atoms with Gasteiger partial charge in [-0.15, -0.1) is 0 Å². The molecule has 8 heteroatoms. The molecule has 1 amide bonds. The smallest absolute Gasteiger partial charge is 0.410 e. The second-order valence-electron chi connectivity index (χ2n) is 8.91. The molecule has 0 N–H and O–H groups in total. The summed E-state index contributed by atoms with van der Waals surface area (Å²) in [4.78, 5) is 28.4. The van der Waals surface area contributed by atoms with Crippen LogP contribution in [0.15, 0.2) is 72.8 Å². The Kier molecular flexibility index (Phi) is 9.40. The Morgan fingerprint density at radius 2 is 1.51 bits per heavy atom. The second kappa shape index (κ2) is 13.1. The SMILES string of the molecule is COC(=O)Cc1ccc(OCc2ccc(Cl)cc2)c(CN2CCN(C(=O)OCc3ccccc3)CC2)c1. The van der Waals surface area contributed by atoms with Crippen LogP contribution in [0.5, 0.6) is 5.75 Å². The zero-order valence-electron chi connectivity index (χ0n) is 20.9. The first-order valence-electron chi connectivity index (χ1n) is 12.2. The van der Waals surface area contributed by atoms with Crippen molar-refractivity contribution in [2.45, 2.75) is 26.2 Å². The summed E-state index contributed by atoms with van der Waals surface area (Å²) in [6.07, 6.45) is -0.0993. The average Bonchev–Trinajstić information content (AvgIpc) is 2.93. The molecule has 4 rings (SSSR count). The molecule has 194 valence electrons. The highest BCUT2D eigenvalue weighted by molar-refractivity contribution is 6.30. The minimum atomic E-state index is -0.296. The molecule has 0 saturated carbocycles. The molecule has 0 bridgehead atoms. The number of methoxy groups -OCH3 is 1. The lowest BCUT2D eigenvalue weighted by atomic mass is 10.1. The van der Waals surface area contributed by atoms with Crippen molar-refractivity contribution in [2.75, 3.05) is 33.3 Å². The highest BCUT2D eigenvalue weighted by Gasteiger charge is 2.23. The molecule has 0 spiro atoms. The molecule has 37 heavy (non-hydrogen) atoms. The molecular weight excluding hydrogens is 492 g/mol. The fourth-order valence-corrected chi connectivity index (χ4v) is 4.25.